The zero-order chi connectivity index (χ0) is 18.9. The van der Waals surface area contributed by atoms with Gasteiger partial charge in [0.25, 0.3) is 0 Å². The SMILES string of the molecule is Cc1nc(CCC(=O)NCCNC2CCCCCC2)oc1-c1ccccc1. The number of nitrogens with zero attached hydrogens (tertiary/aromatic N) is 1. The fourth-order valence-corrected chi connectivity index (χ4v) is 3.69. The smallest absolute Gasteiger partial charge is 0.220 e. The summed E-state index contributed by atoms with van der Waals surface area (Å²) in [7, 11) is 0. The molecule has 1 fully saturated rings. The normalized spacial score (nSPS) is 15.4. The number of oxazole rings is 1. The number of nitrogens with one attached hydrogen (secondary N) is 2. The molecule has 1 saturated carbocycles. The number of amides is 1. The van der Waals surface area contributed by atoms with E-state index in [-0.39, 0.29) is 5.91 Å². The molecule has 0 bridgehead atoms. The molecule has 1 aromatic heterocycles. The number of aryl methyl sites for hydroxylation is 2. The van der Waals surface area contributed by atoms with Gasteiger partial charge in [0, 0.05) is 37.5 Å². The zero-order valence-electron chi connectivity index (χ0n) is 16.3. The summed E-state index contributed by atoms with van der Waals surface area (Å²) in [6.07, 6.45) is 8.83. The Morgan fingerprint density at radius 3 is 2.59 bits per heavy atom. The zero-order valence-corrected chi connectivity index (χ0v) is 16.3. The van der Waals surface area contributed by atoms with E-state index in [4.69, 9.17) is 4.42 Å². The van der Waals surface area contributed by atoms with Crippen LogP contribution in [0.5, 0.6) is 0 Å². The van der Waals surface area contributed by atoms with Crippen LogP contribution in [0.2, 0.25) is 0 Å². The largest absolute Gasteiger partial charge is 0.440 e. The minimum absolute atomic E-state index is 0.0507. The lowest BCUT2D eigenvalue weighted by Crippen LogP contribution is -2.36. The van der Waals surface area contributed by atoms with E-state index in [1.807, 2.05) is 37.3 Å². The lowest BCUT2D eigenvalue weighted by molar-refractivity contribution is -0.121. The molecule has 2 aromatic rings. The number of hydrogen-bond donors (Lipinski definition) is 2. The van der Waals surface area contributed by atoms with Crippen molar-refractivity contribution in [1.29, 1.82) is 0 Å². The van der Waals surface area contributed by atoms with Crippen LogP contribution in [0.1, 0.15) is 56.5 Å². The van der Waals surface area contributed by atoms with Crippen LogP contribution in [-0.2, 0) is 11.2 Å². The first-order valence-corrected chi connectivity index (χ1v) is 10.2. The van der Waals surface area contributed by atoms with Crippen molar-refractivity contribution >= 4 is 5.91 Å². The van der Waals surface area contributed by atoms with Crippen molar-refractivity contribution in [2.45, 2.75) is 64.3 Å². The van der Waals surface area contributed by atoms with Crippen LogP contribution in [0.25, 0.3) is 11.3 Å². The van der Waals surface area contributed by atoms with Gasteiger partial charge in [0.05, 0.1) is 5.69 Å². The van der Waals surface area contributed by atoms with Crippen molar-refractivity contribution in [3.63, 3.8) is 0 Å². The quantitative estimate of drug-likeness (QED) is 0.545. The van der Waals surface area contributed by atoms with Crippen LogP contribution in [0, 0.1) is 6.92 Å². The number of carbonyl (C=O) groups excluding carboxylic acids is 1. The average molecular weight is 370 g/mol. The Labute approximate surface area is 162 Å². The number of rotatable bonds is 8. The number of aromatic nitrogens is 1. The molecule has 5 heteroatoms. The van der Waals surface area contributed by atoms with Crippen molar-refractivity contribution in [3.05, 3.63) is 41.9 Å². The maximum absolute atomic E-state index is 12.1. The Balaban J connectivity index is 1.37. The molecule has 1 aromatic carbocycles. The van der Waals surface area contributed by atoms with E-state index in [9.17, 15) is 4.79 Å². The van der Waals surface area contributed by atoms with Gasteiger partial charge in [0.2, 0.25) is 5.91 Å². The summed E-state index contributed by atoms with van der Waals surface area (Å²) in [5, 5.41) is 6.56. The number of benzene rings is 1. The molecule has 0 unspecified atom stereocenters. The van der Waals surface area contributed by atoms with E-state index in [0.717, 1.165) is 23.6 Å². The van der Waals surface area contributed by atoms with Crippen molar-refractivity contribution in [1.82, 2.24) is 15.6 Å². The average Bonchev–Trinajstić information content (AvgIpc) is 2.88. The predicted octanol–water partition coefficient (Wildman–Crippen LogP) is 4.01. The summed E-state index contributed by atoms with van der Waals surface area (Å²) in [6.45, 7) is 3.45. The van der Waals surface area contributed by atoms with Crippen LogP contribution >= 0.6 is 0 Å². The van der Waals surface area contributed by atoms with E-state index in [1.165, 1.54) is 38.5 Å². The second kappa shape index (κ2) is 10.3. The Bertz CT molecular complexity index is 704. The molecule has 0 spiro atoms. The van der Waals surface area contributed by atoms with Gasteiger partial charge in [-0.3, -0.25) is 4.79 Å². The third-order valence-corrected chi connectivity index (χ3v) is 5.18. The van der Waals surface area contributed by atoms with E-state index < -0.39 is 0 Å². The number of carbonyl (C=O) groups is 1. The highest BCUT2D eigenvalue weighted by atomic mass is 16.4. The minimum atomic E-state index is 0.0507. The van der Waals surface area contributed by atoms with Crippen molar-refractivity contribution < 1.29 is 9.21 Å². The molecule has 1 heterocycles. The molecule has 0 atom stereocenters. The number of hydrogen-bond acceptors (Lipinski definition) is 4. The summed E-state index contributed by atoms with van der Waals surface area (Å²) in [6, 6.07) is 10.6. The first-order valence-electron chi connectivity index (χ1n) is 10.2. The van der Waals surface area contributed by atoms with Gasteiger partial charge in [-0.05, 0) is 19.8 Å². The third-order valence-electron chi connectivity index (χ3n) is 5.18. The van der Waals surface area contributed by atoms with Gasteiger partial charge in [-0.15, -0.1) is 0 Å². The minimum Gasteiger partial charge on any atom is -0.440 e. The van der Waals surface area contributed by atoms with Gasteiger partial charge < -0.3 is 15.1 Å². The molecule has 146 valence electrons. The van der Waals surface area contributed by atoms with E-state index in [0.29, 0.717) is 31.3 Å². The highest BCUT2D eigenvalue weighted by Gasteiger charge is 2.13. The van der Waals surface area contributed by atoms with E-state index in [1.54, 1.807) is 0 Å². The Hall–Kier alpha value is -2.14. The molecule has 1 aliphatic carbocycles. The molecule has 2 N–H and O–H groups in total. The van der Waals surface area contributed by atoms with Gasteiger partial charge in [-0.1, -0.05) is 56.0 Å². The van der Waals surface area contributed by atoms with Crippen LogP contribution in [-0.4, -0.2) is 30.0 Å². The maximum Gasteiger partial charge on any atom is 0.220 e. The van der Waals surface area contributed by atoms with Gasteiger partial charge in [0.1, 0.15) is 0 Å². The monoisotopic (exact) mass is 369 g/mol. The standard InChI is InChI=1S/C22H31N3O2/c1-17-22(18-9-5-4-6-10-18)27-21(25-17)14-13-20(26)24-16-15-23-19-11-7-2-3-8-12-19/h4-6,9-10,19,23H,2-3,7-8,11-16H2,1H3,(H,24,26). The first kappa shape index (κ1) is 19.6. The molecule has 5 nitrogen and oxygen atoms in total. The fraction of sp³-hybridized carbons (Fsp3) is 0.545. The lowest BCUT2D eigenvalue weighted by atomic mass is 10.1. The Kier molecular flexibility index (Phi) is 7.45. The van der Waals surface area contributed by atoms with E-state index in [2.05, 4.69) is 15.6 Å². The summed E-state index contributed by atoms with van der Waals surface area (Å²) in [5.41, 5.74) is 1.88. The highest BCUT2D eigenvalue weighted by Crippen LogP contribution is 2.24. The second-order valence-corrected chi connectivity index (χ2v) is 7.38. The summed E-state index contributed by atoms with van der Waals surface area (Å²) in [5.74, 6) is 1.46. The van der Waals surface area contributed by atoms with Gasteiger partial charge in [-0.2, -0.15) is 0 Å². The highest BCUT2D eigenvalue weighted by molar-refractivity contribution is 5.76. The molecule has 0 saturated heterocycles. The maximum atomic E-state index is 12.1. The fourth-order valence-electron chi connectivity index (χ4n) is 3.69. The van der Waals surface area contributed by atoms with Gasteiger partial charge in [-0.25, -0.2) is 4.98 Å². The lowest BCUT2D eigenvalue weighted by Gasteiger charge is -2.16. The Morgan fingerprint density at radius 2 is 1.85 bits per heavy atom. The van der Waals surface area contributed by atoms with Gasteiger partial charge in [0.15, 0.2) is 11.7 Å². The molecular weight excluding hydrogens is 338 g/mol. The van der Waals surface area contributed by atoms with Crippen LogP contribution in [0.3, 0.4) is 0 Å². The van der Waals surface area contributed by atoms with Crippen molar-refractivity contribution in [2.75, 3.05) is 13.1 Å². The summed E-state index contributed by atoms with van der Waals surface area (Å²) in [4.78, 5) is 16.5. The van der Waals surface area contributed by atoms with Crippen LogP contribution in [0.4, 0.5) is 0 Å². The van der Waals surface area contributed by atoms with E-state index >= 15 is 0 Å². The molecule has 27 heavy (non-hydrogen) atoms. The molecule has 3 rings (SSSR count). The Morgan fingerprint density at radius 1 is 1.11 bits per heavy atom. The first-order chi connectivity index (χ1) is 13.2. The van der Waals surface area contributed by atoms with Crippen molar-refractivity contribution in [3.8, 4) is 11.3 Å². The van der Waals surface area contributed by atoms with Crippen LogP contribution < -0.4 is 10.6 Å². The van der Waals surface area contributed by atoms with Crippen LogP contribution in [0.15, 0.2) is 34.7 Å². The summed E-state index contributed by atoms with van der Waals surface area (Å²) >= 11 is 0. The second-order valence-electron chi connectivity index (χ2n) is 7.38. The molecule has 1 amide bonds. The molecule has 1 aliphatic rings. The topological polar surface area (TPSA) is 67.2 Å². The predicted molar refractivity (Wildman–Crippen MR) is 107 cm³/mol. The van der Waals surface area contributed by atoms with Gasteiger partial charge >= 0.3 is 0 Å². The molecule has 0 radical (unpaired) electrons. The third kappa shape index (κ3) is 6.21. The molecular formula is C22H31N3O2. The van der Waals surface area contributed by atoms with Crippen molar-refractivity contribution in [2.24, 2.45) is 0 Å². The molecule has 0 aliphatic heterocycles. The summed E-state index contributed by atoms with van der Waals surface area (Å²) < 4.78 is 5.86.